The molecule has 1 aliphatic heterocycles. The third kappa shape index (κ3) is 4.98. The molecule has 0 aliphatic carbocycles. The highest BCUT2D eigenvalue weighted by Gasteiger charge is 2.14. The van der Waals surface area contributed by atoms with Gasteiger partial charge in [-0.05, 0) is 61.6 Å². The molecule has 1 fully saturated rings. The van der Waals surface area contributed by atoms with Gasteiger partial charge in [0.25, 0.3) is 0 Å². The molecule has 0 unspecified atom stereocenters. The number of thioether (sulfide) groups is 1. The summed E-state index contributed by atoms with van der Waals surface area (Å²) in [7, 11) is 0. The van der Waals surface area contributed by atoms with Gasteiger partial charge in [0, 0.05) is 31.0 Å². The Balaban J connectivity index is 1.38. The van der Waals surface area contributed by atoms with Crippen LogP contribution in [0.25, 0.3) is 11.0 Å². The summed E-state index contributed by atoms with van der Waals surface area (Å²) in [6.45, 7) is 7.54. The number of nitrogens with zero attached hydrogens (tertiary/aromatic N) is 3. The zero-order chi connectivity index (χ0) is 20.9. The maximum Gasteiger partial charge on any atom is 0.234 e. The van der Waals surface area contributed by atoms with E-state index in [9.17, 15) is 4.79 Å². The number of anilines is 2. The van der Waals surface area contributed by atoms with Crippen LogP contribution >= 0.6 is 11.8 Å². The van der Waals surface area contributed by atoms with E-state index in [4.69, 9.17) is 4.98 Å². The molecule has 0 radical (unpaired) electrons. The minimum atomic E-state index is -0.00567. The van der Waals surface area contributed by atoms with Gasteiger partial charge in [-0.3, -0.25) is 4.79 Å². The van der Waals surface area contributed by atoms with Crippen molar-refractivity contribution < 1.29 is 4.79 Å². The van der Waals surface area contributed by atoms with Gasteiger partial charge in [-0.1, -0.05) is 37.7 Å². The van der Waals surface area contributed by atoms with Crippen molar-refractivity contribution in [2.75, 3.05) is 29.1 Å². The maximum atomic E-state index is 12.5. The fourth-order valence-corrected chi connectivity index (χ4v) is 4.76. The number of nitrogens with one attached hydrogen (secondary N) is 1. The Morgan fingerprint density at radius 1 is 1.07 bits per heavy atom. The van der Waals surface area contributed by atoms with Gasteiger partial charge in [0.1, 0.15) is 0 Å². The van der Waals surface area contributed by atoms with E-state index in [1.807, 2.05) is 30.3 Å². The summed E-state index contributed by atoms with van der Waals surface area (Å²) in [5.74, 6) is 0.845. The number of fused-ring (bicyclic) bond motifs is 1. The Morgan fingerprint density at radius 3 is 2.53 bits per heavy atom. The van der Waals surface area contributed by atoms with Gasteiger partial charge < -0.3 is 14.8 Å². The normalized spacial score (nSPS) is 14.4. The number of carbonyl (C=O) groups is 1. The van der Waals surface area contributed by atoms with Crippen molar-refractivity contribution in [2.24, 2.45) is 5.92 Å². The zero-order valence-electron chi connectivity index (χ0n) is 17.8. The standard InChI is InChI=1S/C24H30N4OS/c1-18(2)16-28-22-9-5-4-8-21(22)26-24(28)30-17-23(29)25-19-10-12-20(13-11-19)27-14-6-3-7-15-27/h4-5,8-13,18H,3,6-7,14-17H2,1-2H3,(H,25,29). The second-order valence-electron chi connectivity index (χ2n) is 8.32. The highest BCUT2D eigenvalue weighted by molar-refractivity contribution is 7.99. The molecule has 0 spiro atoms. The van der Waals surface area contributed by atoms with Crippen molar-refractivity contribution in [3.05, 3.63) is 48.5 Å². The first kappa shape index (κ1) is 20.8. The van der Waals surface area contributed by atoms with Gasteiger partial charge in [-0.25, -0.2) is 4.98 Å². The second-order valence-corrected chi connectivity index (χ2v) is 9.26. The number of hydrogen-bond acceptors (Lipinski definition) is 4. The molecule has 1 aliphatic rings. The van der Waals surface area contributed by atoms with Crippen LogP contribution in [0.5, 0.6) is 0 Å². The summed E-state index contributed by atoms with van der Waals surface area (Å²) < 4.78 is 2.23. The maximum absolute atomic E-state index is 12.5. The molecule has 0 atom stereocenters. The van der Waals surface area contributed by atoms with Gasteiger partial charge in [0.15, 0.2) is 5.16 Å². The first-order valence-electron chi connectivity index (χ1n) is 10.8. The van der Waals surface area contributed by atoms with E-state index in [2.05, 4.69) is 46.8 Å². The topological polar surface area (TPSA) is 50.2 Å². The van der Waals surface area contributed by atoms with Crippen molar-refractivity contribution in [1.82, 2.24) is 9.55 Å². The minimum absolute atomic E-state index is 0.00567. The van der Waals surface area contributed by atoms with E-state index in [1.165, 1.54) is 36.7 Å². The molecule has 3 aromatic rings. The quantitative estimate of drug-likeness (QED) is 0.517. The van der Waals surface area contributed by atoms with Gasteiger partial charge in [-0.15, -0.1) is 0 Å². The number of benzene rings is 2. The van der Waals surface area contributed by atoms with E-state index >= 15 is 0 Å². The predicted octanol–water partition coefficient (Wildman–Crippen LogP) is 5.41. The lowest BCUT2D eigenvalue weighted by Crippen LogP contribution is -2.29. The molecule has 6 heteroatoms. The van der Waals surface area contributed by atoms with E-state index in [0.29, 0.717) is 11.7 Å². The average Bonchev–Trinajstić information content (AvgIpc) is 3.10. The van der Waals surface area contributed by atoms with Crippen LogP contribution in [0.3, 0.4) is 0 Å². The van der Waals surface area contributed by atoms with Crippen molar-refractivity contribution in [3.8, 4) is 0 Å². The minimum Gasteiger partial charge on any atom is -0.372 e. The third-order valence-electron chi connectivity index (χ3n) is 5.37. The first-order valence-corrected chi connectivity index (χ1v) is 11.8. The second kappa shape index (κ2) is 9.56. The molecule has 0 bridgehead atoms. The molecule has 0 saturated carbocycles. The summed E-state index contributed by atoms with van der Waals surface area (Å²) in [6.07, 6.45) is 3.85. The van der Waals surface area contributed by atoms with Crippen LogP contribution < -0.4 is 10.2 Å². The van der Waals surface area contributed by atoms with Crippen molar-refractivity contribution in [3.63, 3.8) is 0 Å². The number of rotatable bonds is 7. The fourth-order valence-electron chi connectivity index (χ4n) is 3.94. The molecule has 5 nitrogen and oxygen atoms in total. The Labute approximate surface area is 182 Å². The SMILES string of the molecule is CC(C)Cn1c(SCC(=O)Nc2ccc(N3CCCCC3)cc2)nc2ccccc21. The van der Waals surface area contributed by atoms with Crippen molar-refractivity contribution >= 4 is 40.1 Å². The van der Waals surface area contributed by atoms with Crippen LogP contribution in [0.4, 0.5) is 11.4 Å². The number of piperidine rings is 1. The monoisotopic (exact) mass is 422 g/mol. The number of para-hydroxylation sites is 2. The molecule has 30 heavy (non-hydrogen) atoms. The van der Waals surface area contributed by atoms with Crippen molar-refractivity contribution in [1.29, 1.82) is 0 Å². The summed E-state index contributed by atoms with van der Waals surface area (Å²) in [5.41, 5.74) is 4.19. The predicted molar refractivity (Wildman–Crippen MR) is 126 cm³/mol. The fraction of sp³-hybridized carbons (Fsp3) is 0.417. The van der Waals surface area contributed by atoms with Gasteiger partial charge in [0.2, 0.25) is 5.91 Å². The number of imidazole rings is 1. The zero-order valence-corrected chi connectivity index (χ0v) is 18.6. The van der Waals surface area contributed by atoms with E-state index in [-0.39, 0.29) is 5.91 Å². The van der Waals surface area contributed by atoms with E-state index < -0.39 is 0 Å². The van der Waals surface area contributed by atoms with Crippen LogP contribution in [0.1, 0.15) is 33.1 Å². The molecule has 158 valence electrons. The van der Waals surface area contributed by atoms with Crippen molar-refractivity contribution in [2.45, 2.75) is 44.8 Å². The molecule has 2 heterocycles. The van der Waals surface area contributed by atoms with E-state index in [0.717, 1.165) is 41.5 Å². The Bertz CT molecular complexity index is 990. The lowest BCUT2D eigenvalue weighted by Gasteiger charge is -2.28. The van der Waals surface area contributed by atoms with Gasteiger partial charge in [0.05, 0.1) is 16.8 Å². The summed E-state index contributed by atoms with van der Waals surface area (Å²) >= 11 is 1.50. The highest BCUT2D eigenvalue weighted by Crippen LogP contribution is 2.26. The summed E-state index contributed by atoms with van der Waals surface area (Å²) in [4.78, 5) is 19.7. The van der Waals surface area contributed by atoms with E-state index in [1.54, 1.807) is 0 Å². The van der Waals surface area contributed by atoms with Crippen LogP contribution in [-0.4, -0.2) is 34.3 Å². The lowest BCUT2D eigenvalue weighted by molar-refractivity contribution is -0.113. The lowest BCUT2D eigenvalue weighted by atomic mass is 10.1. The average molecular weight is 423 g/mol. The van der Waals surface area contributed by atoms with Crippen LogP contribution in [-0.2, 0) is 11.3 Å². The molecule has 1 saturated heterocycles. The molecule has 1 amide bonds. The van der Waals surface area contributed by atoms with Crippen LogP contribution in [0.2, 0.25) is 0 Å². The van der Waals surface area contributed by atoms with Crippen LogP contribution in [0, 0.1) is 5.92 Å². The number of aromatic nitrogens is 2. The first-order chi connectivity index (χ1) is 14.6. The number of amides is 1. The molecule has 4 rings (SSSR count). The van der Waals surface area contributed by atoms with Crippen LogP contribution in [0.15, 0.2) is 53.7 Å². The number of hydrogen-bond donors (Lipinski definition) is 1. The Morgan fingerprint density at radius 2 is 1.80 bits per heavy atom. The summed E-state index contributed by atoms with van der Waals surface area (Å²) in [5, 5.41) is 3.92. The Hall–Kier alpha value is -2.47. The smallest absolute Gasteiger partial charge is 0.234 e. The molecular formula is C24H30N4OS. The Kier molecular flexibility index (Phi) is 6.62. The molecule has 2 aromatic carbocycles. The molecule has 1 N–H and O–H groups in total. The van der Waals surface area contributed by atoms with Gasteiger partial charge in [-0.2, -0.15) is 0 Å². The van der Waals surface area contributed by atoms with Gasteiger partial charge >= 0.3 is 0 Å². The molecule has 1 aromatic heterocycles. The summed E-state index contributed by atoms with van der Waals surface area (Å²) in [6, 6.07) is 16.4. The third-order valence-corrected chi connectivity index (χ3v) is 6.35. The largest absolute Gasteiger partial charge is 0.372 e. The number of carbonyl (C=O) groups excluding carboxylic acids is 1. The highest BCUT2D eigenvalue weighted by atomic mass is 32.2. The molecular weight excluding hydrogens is 392 g/mol.